The zero-order valence-electron chi connectivity index (χ0n) is 7.07. The molecule has 2 N–H and O–H groups in total. The van der Waals surface area contributed by atoms with Gasteiger partial charge in [-0.05, 0) is 0 Å². The first kappa shape index (κ1) is 12.8. The second-order valence-electron chi connectivity index (χ2n) is 3.13. The number of rotatable bonds is 3. The quantitative estimate of drug-likeness (QED) is 0.479. The summed E-state index contributed by atoms with van der Waals surface area (Å²) < 4.78 is 5.03. The van der Waals surface area contributed by atoms with Crippen molar-refractivity contribution in [2.75, 3.05) is 34.3 Å². The minimum atomic E-state index is -1.20. The molecule has 0 rings (SSSR count). The Hall–Kier alpha value is -0.810. The number of ether oxygens (including phenoxy) is 1. The Morgan fingerprint density at radius 1 is 1.45 bits per heavy atom. The number of hydrogen-bond acceptors (Lipinski definition) is 3. The van der Waals surface area contributed by atoms with E-state index in [1.807, 2.05) is 21.1 Å². The highest BCUT2D eigenvalue weighted by atomic mass is 16.7. The largest absolute Gasteiger partial charge is 0.870 e. The number of carbonyl (C=O) groups is 1. The second kappa shape index (κ2) is 4.92. The van der Waals surface area contributed by atoms with Crippen LogP contribution in [0.25, 0.3) is 0 Å². The summed E-state index contributed by atoms with van der Waals surface area (Å²) in [6.45, 7) is 0.963. The van der Waals surface area contributed by atoms with E-state index in [2.05, 4.69) is 4.74 Å². The average Bonchev–Trinajstić information content (AvgIpc) is 1.59. The second-order valence-corrected chi connectivity index (χ2v) is 3.13. The predicted octanol–water partition coefficient (Wildman–Crippen LogP) is 0.210. The van der Waals surface area contributed by atoms with Crippen LogP contribution in [0.1, 0.15) is 0 Å². The number of hydrogen-bond donors (Lipinski definition) is 1. The molecule has 0 aliphatic rings. The third-order valence-electron chi connectivity index (χ3n) is 0.988. The molecule has 5 heteroatoms. The molecule has 68 valence electrons. The van der Waals surface area contributed by atoms with Crippen LogP contribution in [0.3, 0.4) is 0 Å². The van der Waals surface area contributed by atoms with Crippen molar-refractivity contribution in [3.8, 4) is 0 Å². The van der Waals surface area contributed by atoms with E-state index in [1.165, 1.54) is 0 Å². The lowest BCUT2D eigenvalue weighted by molar-refractivity contribution is -0.870. The summed E-state index contributed by atoms with van der Waals surface area (Å²) in [5.41, 5.74) is 0. The normalized spacial score (nSPS) is 10.1. The summed E-state index contributed by atoms with van der Waals surface area (Å²) in [5, 5.41) is 8.08. The van der Waals surface area contributed by atoms with E-state index >= 15 is 0 Å². The molecule has 5 nitrogen and oxygen atoms in total. The maximum Gasteiger partial charge on any atom is 0.505 e. The molecule has 0 amide bonds. The van der Waals surface area contributed by atoms with E-state index in [0.29, 0.717) is 11.0 Å². The maximum atomic E-state index is 9.86. The molecule has 0 aliphatic heterocycles. The number of carboxylic acid groups (broad SMARTS) is 1. The van der Waals surface area contributed by atoms with E-state index in [4.69, 9.17) is 5.11 Å². The number of quaternary nitrogens is 1. The smallest absolute Gasteiger partial charge is 0.505 e. The van der Waals surface area contributed by atoms with Gasteiger partial charge in [0.2, 0.25) is 0 Å². The van der Waals surface area contributed by atoms with Gasteiger partial charge in [0, 0.05) is 0 Å². The van der Waals surface area contributed by atoms with Gasteiger partial charge in [0.15, 0.2) is 0 Å². The van der Waals surface area contributed by atoms with Crippen LogP contribution in [0.15, 0.2) is 0 Å². The van der Waals surface area contributed by atoms with Crippen molar-refractivity contribution in [2.24, 2.45) is 0 Å². The molecular formula is C6H15NO4. The van der Waals surface area contributed by atoms with E-state index in [-0.39, 0.29) is 12.1 Å². The lowest BCUT2D eigenvalue weighted by Gasteiger charge is -2.22. The van der Waals surface area contributed by atoms with Gasteiger partial charge in [0.05, 0.1) is 21.1 Å². The Morgan fingerprint density at radius 3 is 2.18 bits per heavy atom. The zero-order valence-corrected chi connectivity index (χ0v) is 7.07. The van der Waals surface area contributed by atoms with Crippen molar-refractivity contribution < 1.29 is 24.6 Å². The van der Waals surface area contributed by atoms with Gasteiger partial charge < -0.3 is 19.8 Å². The highest BCUT2D eigenvalue weighted by molar-refractivity contribution is 5.56. The van der Waals surface area contributed by atoms with E-state index in [1.54, 1.807) is 0 Å². The van der Waals surface area contributed by atoms with Crippen molar-refractivity contribution in [3.05, 3.63) is 0 Å². The molecule has 0 unspecified atom stereocenters. The first-order valence-electron chi connectivity index (χ1n) is 3.08. The van der Waals surface area contributed by atoms with Crippen LogP contribution in [0, 0.1) is 0 Å². The minimum Gasteiger partial charge on any atom is -0.870 e. The fourth-order valence-electron chi connectivity index (χ4n) is 0.407. The van der Waals surface area contributed by atoms with Crippen LogP contribution in [-0.4, -0.2) is 55.5 Å². The SMILES string of the molecule is C[N+](C)(C)CCOC(=O)O.[OH-]. The van der Waals surface area contributed by atoms with Crippen molar-refractivity contribution in [2.45, 2.75) is 0 Å². The molecule has 11 heavy (non-hydrogen) atoms. The van der Waals surface area contributed by atoms with Gasteiger partial charge in [-0.25, -0.2) is 4.79 Å². The fraction of sp³-hybridized carbons (Fsp3) is 0.833. The molecular weight excluding hydrogens is 150 g/mol. The summed E-state index contributed by atoms with van der Waals surface area (Å²) >= 11 is 0. The molecule has 0 aromatic carbocycles. The van der Waals surface area contributed by atoms with Gasteiger partial charge in [-0.1, -0.05) is 0 Å². The Balaban J connectivity index is 0. The monoisotopic (exact) mass is 165 g/mol. The number of nitrogens with zero attached hydrogens (tertiary/aromatic N) is 1. The van der Waals surface area contributed by atoms with Crippen LogP contribution in [0.4, 0.5) is 4.79 Å². The van der Waals surface area contributed by atoms with Crippen molar-refractivity contribution in [1.82, 2.24) is 0 Å². The molecule has 0 aliphatic carbocycles. The lowest BCUT2D eigenvalue weighted by atomic mass is 10.5. The molecule has 0 heterocycles. The lowest BCUT2D eigenvalue weighted by Crippen LogP contribution is -2.37. The van der Waals surface area contributed by atoms with Gasteiger partial charge in [-0.3, -0.25) is 0 Å². The summed E-state index contributed by atoms with van der Waals surface area (Å²) in [4.78, 5) is 9.86. The Bertz CT molecular complexity index is 118. The highest BCUT2D eigenvalue weighted by Gasteiger charge is 2.07. The highest BCUT2D eigenvalue weighted by Crippen LogP contribution is 1.88. The molecule has 0 aromatic heterocycles. The molecule has 0 spiro atoms. The molecule has 0 saturated heterocycles. The first-order chi connectivity index (χ1) is 4.42. The van der Waals surface area contributed by atoms with Gasteiger partial charge >= 0.3 is 6.16 Å². The first-order valence-corrected chi connectivity index (χ1v) is 3.08. The summed E-state index contributed by atoms with van der Waals surface area (Å²) in [6, 6.07) is 0. The van der Waals surface area contributed by atoms with E-state index in [9.17, 15) is 4.79 Å². The Labute approximate surface area is 66.1 Å². The van der Waals surface area contributed by atoms with Gasteiger partial charge in [-0.2, -0.15) is 0 Å². The molecule has 0 saturated carbocycles. The predicted molar refractivity (Wildman–Crippen MR) is 38.8 cm³/mol. The van der Waals surface area contributed by atoms with Gasteiger partial charge in [-0.15, -0.1) is 0 Å². The third kappa shape index (κ3) is 12.4. The fourth-order valence-corrected chi connectivity index (χ4v) is 0.407. The molecule has 0 bridgehead atoms. The topological polar surface area (TPSA) is 76.5 Å². The van der Waals surface area contributed by atoms with Crippen LogP contribution in [0.2, 0.25) is 0 Å². The van der Waals surface area contributed by atoms with Crippen LogP contribution in [-0.2, 0) is 4.74 Å². The van der Waals surface area contributed by atoms with Gasteiger partial charge in [0.1, 0.15) is 13.2 Å². The Morgan fingerprint density at radius 2 is 1.91 bits per heavy atom. The van der Waals surface area contributed by atoms with Crippen LogP contribution in [0.5, 0.6) is 0 Å². The maximum absolute atomic E-state index is 9.86. The molecule has 0 aromatic rings. The standard InChI is InChI=1S/C6H13NO3.H2O/c1-7(2,3)4-5-10-6(8)9;/h4-5H2,1-3H3;1H2. The van der Waals surface area contributed by atoms with Gasteiger partial charge in [0.25, 0.3) is 0 Å². The van der Waals surface area contributed by atoms with E-state index in [0.717, 1.165) is 0 Å². The summed E-state index contributed by atoms with van der Waals surface area (Å²) in [7, 11) is 5.93. The molecule has 0 radical (unpaired) electrons. The number of likely N-dealkylation sites (N-methyl/N-ethyl adjacent to an activating group) is 1. The van der Waals surface area contributed by atoms with Crippen LogP contribution >= 0.6 is 0 Å². The van der Waals surface area contributed by atoms with Crippen molar-refractivity contribution in [1.29, 1.82) is 0 Å². The average molecular weight is 165 g/mol. The Kier molecular flexibility index (Phi) is 5.74. The summed E-state index contributed by atoms with van der Waals surface area (Å²) in [6.07, 6.45) is -1.20. The van der Waals surface area contributed by atoms with Crippen LogP contribution < -0.4 is 0 Å². The molecule has 0 fully saturated rings. The zero-order chi connectivity index (χ0) is 8.20. The summed E-state index contributed by atoms with van der Waals surface area (Å²) in [5.74, 6) is 0. The van der Waals surface area contributed by atoms with E-state index < -0.39 is 6.16 Å². The van der Waals surface area contributed by atoms with Crippen molar-refractivity contribution >= 4 is 6.16 Å². The minimum absolute atomic E-state index is 0. The molecule has 0 atom stereocenters. The van der Waals surface area contributed by atoms with Crippen molar-refractivity contribution in [3.63, 3.8) is 0 Å². The third-order valence-corrected chi connectivity index (χ3v) is 0.988.